The Morgan fingerprint density at radius 2 is 2.20 bits per heavy atom. The van der Waals surface area contributed by atoms with Crippen LogP contribution in [0.25, 0.3) is 0 Å². The van der Waals surface area contributed by atoms with Crippen molar-refractivity contribution in [3.05, 3.63) is 23.8 Å². The van der Waals surface area contributed by atoms with Crippen molar-refractivity contribution in [2.45, 2.75) is 32.7 Å². The Hall–Kier alpha value is -1.91. The van der Waals surface area contributed by atoms with Crippen molar-refractivity contribution < 1.29 is 9.84 Å². The molecule has 1 rings (SSSR count). The quantitative estimate of drug-likeness (QED) is 0.550. The molecule has 0 aliphatic heterocycles. The Bertz CT molecular complexity index is 447. The molecule has 1 aromatic rings. The Kier molecular flexibility index (Phi) is 6.70. The largest absolute Gasteiger partial charge is 0.508 e. The van der Waals surface area contributed by atoms with E-state index in [-0.39, 0.29) is 5.75 Å². The van der Waals surface area contributed by atoms with Crippen LogP contribution in [0.4, 0.5) is 0 Å². The molecule has 112 valence electrons. The van der Waals surface area contributed by atoms with E-state index in [9.17, 15) is 5.11 Å². The van der Waals surface area contributed by atoms with Crippen molar-refractivity contribution in [1.82, 2.24) is 10.6 Å². The maximum Gasteiger partial charge on any atom is 0.191 e. The maximum absolute atomic E-state index is 9.87. The van der Waals surface area contributed by atoms with Gasteiger partial charge in [-0.15, -0.1) is 0 Å². The molecule has 0 saturated heterocycles. The van der Waals surface area contributed by atoms with E-state index in [0.29, 0.717) is 18.3 Å². The van der Waals surface area contributed by atoms with Crippen molar-refractivity contribution in [3.63, 3.8) is 0 Å². The predicted molar refractivity (Wildman–Crippen MR) is 82.6 cm³/mol. The van der Waals surface area contributed by atoms with Crippen LogP contribution in [0.2, 0.25) is 0 Å². The van der Waals surface area contributed by atoms with Gasteiger partial charge in [-0.2, -0.15) is 0 Å². The van der Waals surface area contributed by atoms with Gasteiger partial charge in [0, 0.05) is 25.7 Å². The van der Waals surface area contributed by atoms with E-state index in [1.165, 1.54) is 0 Å². The van der Waals surface area contributed by atoms with E-state index >= 15 is 0 Å². The standard InChI is InChI=1S/C15H25N3O2/c1-5-11(2)18-15(16-3)17-9-8-12-6-7-13(20-4)10-14(12)19/h6-7,10-11,19H,5,8-9H2,1-4H3,(H2,16,17,18). The van der Waals surface area contributed by atoms with Crippen LogP contribution in [-0.2, 0) is 6.42 Å². The highest BCUT2D eigenvalue weighted by molar-refractivity contribution is 5.79. The van der Waals surface area contributed by atoms with Crippen LogP contribution in [0.5, 0.6) is 11.5 Å². The van der Waals surface area contributed by atoms with Gasteiger partial charge in [-0.3, -0.25) is 4.99 Å². The second-order valence-electron chi connectivity index (χ2n) is 4.70. The number of rotatable bonds is 6. The lowest BCUT2D eigenvalue weighted by molar-refractivity contribution is 0.406. The number of methoxy groups -OCH3 is 1. The van der Waals surface area contributed by atoms with Crippen LogP contribution in [0.3, 0.4) is 0 Å². The molecule has 3 N–H and O–H groups in total. The molecular formula is C15H25N3O2. The van der Waals surface area contributed by atoms with Gasteiger partial charge in [0.05, 0.1) is 7.11 Å². The Balaban J connectivity index is 2.47. The number of guanidine groups is 1. The SMILES string of the molecule is CCC(C)NC(=NC)NCCc1ccc(OC)cc1O. The molecule has 0 bridgehead atoms. The summed E-state index contributed by atoms with van der Waals surface area (Å²) in [5.74, 6) is 1.71. The zero-order chi connectivity index (χ0) is 15.0. The fourth-order valence-electron chi connectivity index (χ4n) is 1.73. The number of aliphatic imine (C=N–C) groups is 1. The number of ether oxygens (including phenoxy) is 1. The van der Waals surface area contributed by atoms with Crippen LogP contribution in [0.1, 0.15) is 25.8 Å². The first-order valence-corrected chi connectivity index (χ1v) is 6.93. The second kappa shape index (κ2) is 8.30. The van der Waals surface area contributed by atoms with Gasteiger partial charge in [-0.05, 0) is 31.4 Å². The average Bonchev–Trinajstić information content (AvgIpc) is 2.47. The van der Waals surface area contributed by atoms with Gasteiger partial charge in [0.25, 0.3) is 0 Å². The third-order valence-electron chi connectivity index (χ3n) is 3.20. The average molecular weight is 279 g/mol. The molecule has 0 fully saturated rings. The molecule has 1 aromatic carbocycles. The number of phenolic OH excluding ortho intramolecular Hbond substituents is 1. The fourth-order valence-corrected chi connectivity index (χ4v) is 1.73. The minimum absolute atomic E-state index is 0.260. The molecule has 5 nitrogen and oxygen atoms in total. The molecular weight excluding hydrogens is 254 g/mol. The van der Waals surface area contributed by atoms with Gasteiger partial charge >= 0.3 is 0 Å². The number of nitrogens with zero attached hydrogens (tertiary/aromatic N) is 1. The van der Waals surface area contributed by atoms with Crippen molar-refractivity contribution in [3.8, 4) is 11.5 Å². The molecule has 1 unspecified atom stereocenters. The minimum atomic E-state index is 0.260. The van der Waals surface area contributed by atoms with Gasteiger partial charge in [0.1, 0.15) is 11.5 Å². The second-order valence-corrected chi connectivity index (χ2v) is 4.70. The van der Waals surface area contributed by atoms with Crippen LogP contribution in [0.15, 0.2) is 23.2 Å². The van der Waals surface area contributed by atoms with E-state index in [1.807, 2.05) is 12.1 Å². The first-order valence-electron chi connectivity index (χ1n) is 6.93. The lowest BCUT2D eigenvalue weighted by atomic mass is 10.1. The molecule has 0 aromatic heterocycles. The zero-order valence-corrected chi connectivity index (χ0v) is 12.7. The maximum atomic E-state index is 9.87. The van der Waals surface area contributed by atoms with E-state index in [2.05, 4.69) is 29.5 Å². The number of hydrogen-bond acceptors (Lipinski definition) is 3. The summed E-state index contributed by atoms with van der Waals surface area (Å²) >= 11 is 0. The molecule has 20 heavy (non-hydrogen) atoms. The summed E-state index contributed by atoms with van der Waals surface area (Å²) in [5, 5.41) is 16.4. The summed E-state index contributed by atoms with van der Waals surface area (Å²) in [6.45, 7) is 4.94. The molecule has 0 aliphatic rings. The first kappa shape index (κ1) is 16.1. The Morgan fingerprint density at radius 3 is 2.75 bits per heavy atom. The van der Waals surface area contributed by atoms with Crippen molar-refractivity contribution in [2.24, 2.45) is 4.99 Å². The van der Waals surface area contributed by atoms with Crippen molar-refractivity contribution in [1.29, 1.82) is 0 Å². The van der Waals surface area contributed by atoms with Gasteiger partial charge in [-0.25, -0.2) is 0 Å². The molecule has 0 amide bonds. The molecule has 0 radical (unpaired) electrons. The molecule has 0 aliphatic carbocycles. The number of phenols is 1. The highest BCUT2D eigenvalue weighted by Gasteiger charge is 2.05. The number of nitrogens with one attached hydrogen (secondary N) is 2. The van der Waals surface area contributed by atoms with E-state index < -0.39 is 0 Å². The molecule has 0 spiro atoms. The molecule has 0 saturated carbocycles. The van der Waals surface area contributed by atoms with Crippen molar-refractivity contribution >= 4 is 5.96 Å². The predicted octanol–water partition coefficient (Wildman–Crippen LogP) is 1.91. The lowest BCUT2D eigenvalue weighted by Gasteiger charge is -2.16. The summed E-state index contributed by atoms with van der Waals surface area (Å²) in [6, 6.07) is 5.74. The smallest absolute Gasteiger partial charge is 0.191 e. The summed E-state index contributed by atoms with van der Waals surface area (Å²) in [6.07, 6.45) is 1.76. The monoisotopic (exact) mass is 279 g/mol. The molecule has 5 heteroatoms. The summed E-state index contributed by atoms with van der Waals surface area (Å²) in [5.41, 5.74) is 0.886. The molecule has 0 heterocycles. The summed E-state index contributed by atoms with van der Waals surface area (Å²) < 4.78 is 5.06. The summed E-state index contributed by atoms with van der Waals surface area (Å²) in [4.78, 5) is 4.17. The van der Waals surface area contributed by atoms with Crippen molar-refractivity contribution in [2.75, 3.05) is 20.7 Å². The fraction of sp³-hybridized carbons (Fsp3) is 0.533. The third-order valence-corrected chi connectivity index (χ3v) is 3.20. The van der Waals surface area contributed by atoms with Crippen LogP contribution >= 0.6 is 0 Å². The van der Waals surface area contributed by atoms with Crippen LogP contribution in [-0.4, -0.2) is 37.8 Å². The number of hydrogen-bond donors (Lipinski definition) is 3. The number of aromatic hydroxyl groups is 1. The van der Waals surface area contributed by atoms with E-state index in [4.69, 9.17) is 4.74 Å². The van der Waals surface area contributed by atoms with Gasteiger partial charge < -0.3 is 20.5 Å². The lowest BCUT2D eigenvalue weighted by Crippen LogP contribution is -2.42. The van der Waals surface area contributed by atoms with E-state index in [0.717, 1.165) is 24.4 Å². The van der Waals surface area contributed by atoms with Gasteiger partial charge in [-0.1, -0.05) is 13.0 Å². The highest BCUT2D eigenvalue weighted by atomic mass is 16.5. The van der Waals surface area contributed by atoms with Crippen LogP contribution < -0.4 is 15.4 Å². The Morgan fingerprint density at radius 1 is 1.45 bits per heavy atom. The first-order chi connectivity index (χ1) is 9.60. The summed E-state index contributed by atoms with van der Waals surface area (Å²) in [7, 11) is 3.34. The van der Waals surface area contributed by atoms with E-state index in [1.54, 1.807) is 20.2 Å². The van der Waals surface area contributed by atoms with Gasteiger partial charge in [0.15, 0.2) is 5.96 Å². The molecule has 1 atom stereocenters. The number of benzene rings is 1. The topological polar surface area (TPSA) is 65.9 Å². The Labute approximate surface area is 121 Å². The normalized spacial score (nSPS) is 12.9. The minimum Gasteiger partial charge on any atom is -0.508 e. The van der Waals surface area contributed by atoms with Gasteiger partial charge in [0.2, 0.25) is 0 Å². The van der Waals surface area contributed by atoms with Crippen LogP contribution in [0, 0.1) is 0 Å². The zero-order valence-electron chi connectivity index (χ0n) is 12.7. The highest BCUT2D eigenvalue weighted by Crippen LogP contribution is 2.23. The third kappa shape index (κ3) is 4.99.